The van der Waals surface area contributed by atoms with E-state index in [-0.39, 0.29) is 23.5 Å². The molecule has 3 aliphatic heterocycles. The van der Waals surface area contributed by atoms with Gasteiger partial charge in [-0.2, -0.15) is 0 Å². The van der Waals surface area contributed by atoms with Crippen LogP contribution in [0.25, 0.3) is 0 Å². The summed E-state index contributed by atoms with van der Waals surface area (Å²) < 4.78 is 34.8. The van der Waals surface area contributed by atoms with Crippen LogP contribution in [0.1, 0.15) is 19.8 Å². The van der Waals surface area contributed by atoms with Gasteiger partial charge in [-0.15, -0.1) is 0 Å². The molecule has 0 aliphatic carbocycles. The number of carbonyl (C=O) groups is 1. The predicted octanol–water partition coefficient (Wildman–Crippen LogP) is 0.0751. The molecule has 120 valence electrons. The number of carbonyl (C=O) groups excluding carboxylic acids is 1. The first-order valence-corrected chi connectivity index (χ1v) is 9.32. The molecule has 6 nitrogen and oxygen atoms in total. The van der Waals surface area contributed by atoms with Gasteiger partial charge in [0.05, 0.1) is 24.9 Å². The van der Waals surface area contributed by atoms with E-state index in [0.29, 0.717) is 45.9 Å². The lowest BCUT2D eigenvalue weighted by Crippen LogP contribution is -2.69. The van der Waals surface area contributed by atoms with Crippen LogP contribution in [0.5, 0.6) is 0 Å². The summed E-state index contributed by atoms with van der Waals surface area (Å²) in [6.45, 7) is 4.74. The van der Waals surface area contributed by atoms with Gasteiger partial charge in [-0.25, -0.2) is 8.42 Å². The molecule has 3 fully saturated rings. The second-order valence-electron chi connectivity index (χ2n) is 6.28. The summed E-state index contributed by atoms with van der Waals surface area (Å²) in [5.41, 5.74) is 0. The molecule has 1 amide bonds. The maximum atomic E-state index is 12.4. The Bertz CT molecular complexity index is 505. The molecule has 3 heterocycles. The number of amides is 1. The molecule has 0 saturated carbocycles. The molecule has 7 heteroatoms. The molecule has 3 aliphatic rings. The molecule has 2 atom stereocenters. The average Bonchev–Trinajstić information content (AvgIpc) is 3.00. The van der Waals surface area contributed by atoms with Crippen molar-refractivity contribution in [3.05, 3.63) is 0 Å². The van der Waals surface area contributed by atoms with Crippen LogP contribution in [0, 0.1) is 11.8 Å². The Hall–Kier alpha value is -0.660. The number of likely N-dealkylation sites (tertiary alicyclic amines) is 1. The number of hydrogen-bond donors (Lipinski definition) is 0. The van der Waals surface area contributed by atoms with E-state index in [1.807, 2.05) is 6.92 Å². The zero-order valence-corrected chi connectivity index (χ0v) is 13.2. The van der Waals surface area contributed by atoms with Gasteiger partial charge in [0.15, 0.2) is 9.84 Å². The molecule has 0 bridgehead atoms. The lowest BCUT2D eigenvalue weighted by molar-refractivity contribution is -0.142. The molecule has 0 aromatic carbocycles. The number of nitrogens with zero attached hydrogens (tertiary/aromatic N) is 1. The Balaban J connectivity index is 1.68. The second kappa shape index (κ2) is 5.52. The van der Waals surface area contributed by atoms with Gasteiger partial charge in [0, 0.05) is 32.2 Å². The Morgan fingerprint density at radius 2 is 2.14 bits per heavy atom. The molecular formula is C14H23NO5S. The SMILES string of the molecule is CCOC[C@@H]1CCS(=O)(=O)C12CN(C(=O)[C@H]1CCOC1)C2. The minimum absolute atomic E-state index is 0.0197. The van der Waals surface area contributed by atoms with Gasteiger partial charge in [-0.05, 0) is 19.8 Å². The van der Waals surface area contributed by atoms with E-state index in [4.69, 9.17) is 9.47 Å². The third-order valence-corrected chi connectivity index (χ3v) is 7.73. The molecule has 1 spiro atoms. The van der Waals surface area contributed by atoms with Crippen LogP contribution in [0.4, 0.5) is 0 Å². The molecule has 0 aromatic heterocycles. The van der Waals surface area contributed by atoms with Gasteiger partial charge in [0.1, 0.15) is 4.75 Å². The highest BCUT2D eigenvalue weighted by Gasteiger charge is 2.62. The number of rotatable bonds is 4. The molecule has 0 N–H and O–H groups in total. The standard InChI is InChI=1S/C14H23NO5S/c1-2-19-8-12-4-6-21(17,18)14(12)9-15(10-14)13(16)11-3-5-20-7-11/h11-12H,2-10H2,1H3/t11-,12-/m0/s1. The van der Waals surface area contributed by atoms with Crippen LogP contribution < -0.4 is 0 Å². The molecule has 21 heavy (non-hydrogen) atoms. The van der Waals surface area contributed by atoms with Crippen molar-refractivity contribution in [3.63, 3.8) is 0 Å². The first kappa shape index (κ1) is 15.2. The first-order valence-electron chi connectivity index (χ1n) is 7.67. The van der Waals surface area contributed by atoms with E-state index in [0.717, 1.165) is 6.42 Å². The minimum atomic E-state index is -3.12. The average molecular weight is 317 g/mol. The van der Waals surface area contributed by atoms with Crippen LogP contribution in [0.2, 0.25) is 0 Å². The largest absolute Gasteiger partial charge is 0.381 e. The van der Waals surface area contributed by atoms with Crippen LogP contribution in [-0.4, -0.2) is 69.2 Å². The highest BCUT2D eigenvalue weighted by Crippen LogP contribution is 2.45. The third kappa shape index (κ3) is 2.39. The summed E-state index contributed by atoms with van der Waals surface area (Å²) in [7, 11) is -3.12. The van der Waals surface area contributed by atoms with Gasteiger partial charge in [0.25, 0.3) is 0 Å². The van der Waals surface area contributed by atoms with Gasteiger partial charge >= 0.3 is 0 Å². The monoisotopic (exact) mass is 317 g/mol. The van der Waals surface area contributed by atoms with Crippen molar-refractivity contribution in [1.29, 1.82) is 0 Å². The number of ether oxygens (including phenoxy) is 2. The Kier molecular flexibility index (Phi) is 4.00. The highest BCUT2D eigenvalue weighted by molar-refractivity contribution is 7.93. The Morgan fingerprint density at radius 3 is 2.76 bits per heavy atom. The lowest BCUT2D eigenvalue weighted by Gasteiger charge is -2.50. The fraction of sp³-hybridized carbons (Fsp3) is 0.929. The molecule has 3 saturated heterocycles. The molecular weight excluding hydrogens is 294 g/mol. The van der Waals surface area contributed by atoms with Crippen LogP contribution >= 0.6 is 0 Å². The highest BCUT2D eigenvalue weighted by atomic mass is 32.2. The summed E-state index contributed by atoms with van der Waals surface area (Å²) in [6, 6.07) is 0. The number of hydrogen-bond acceptors (Lipinski definition) is 5. The third-order valence-electron chi connectivity index (χ3n) is 5.13. The number of sulfone groups is 1. The summed E-state index contributed by atoms with van der Waals surface area (Å²) >= 11 is 0. The topological polar surface area (TPSA) is 72.9 Å². The van der Waals surface area contributed by atoms with Crippen LogP contribution in [0.3, 0.4) is 0 Å². The zero-order valence-electron chi connectivity index (χ0n) is 12.4. The van der Waals surface area contributed by atoms with Crippen molar-refractivity contribution in [3.8, 4) is 0 Å². The fourth-order valence-corrected chi connectivity index (χ4v) is 6.11. The fourth-order valence-electron chi connectivity index (χ4n) is 3.71. The zero-order chi connectivity index (χ0) is 15.1. The van der Waals surface area contributed by atoms with Gasteiger partial charge < -0.3 is 14.4 Å². The summed E-state index contributed by atoms with van der Waals surface area (Å²) in [5.74, 6) is 0.206. The predicted molar refractivity (Wildman–Crippen MR) is 76.6 cm³/mol. The van der Waals surface area contributed by atoms with E-state index >= 15 is 0 Å². The van der Waals surface area contributed by atoms with Gasteiger partial charge in [0.2, 0.25) is 5.91 Å². The first-order chi connectivity index (χ1) is 10.00. The molecule has 3 rings (SSSR count). The van der Waals surface area contributed by atoms with E-state index in [9.17, 15) is 13.2 Å². The lowest BCUT2D eigenvalue weighted by atomic mass is 9.83. The van der Waals surface area contributed by atoms with Crippen LogP contribution in [0.15, 0.2) is 0 Å². The molecule has 0 unspecified atom stereocenters. The maximum absolute atomic E-state index is 12.4. The van der Waals surface area contributed by atoms with Crippen molar-refractivity contribution >= 4 is 15.7 Å². The minimum Gasteiger partial charge on any atom is -0.381 e. The quantitative estimate of drug-likeness (QED) is 0.734. The summed E-state index contributed by atoms with van der Waals surface area (Å²) in [6.07, 6.45) is 1.40. The van der Waals surface area contributed by atoms with E-state index in [2.05, 4.69) is 0 Å². The van der Waals surface area contributed by atoms with E-state index < -0.39 is 14.6 Å². The van der Waals surface area contributed by atoms with Gasteiger partial charge in [-0.3, -0.25) is 4.79 Å². The van der Waals surface area contributed by atoms with Crippen molar-refractivity contribution in [2.24, 2.45) is 11.8 Å². The van der Waals surface area contributed by atoms with E-state index in [1.54, 1.807) is 4.90 Å². The molecule has 0 radical (unpaired) electrons. The van der Waals surface area contributed by atoms with Crippen molar-refractivity contribution in [1.82, 2.24) is 4.90 Å². The smallest absolute Gasteiger partial charge is 0.228 e. The van der Waals surface area contributed by atoms with E-state index in [1.165, 1.54) is 0 Å². The second-order valence-corrected chi connectivity index (χ2v) is 8.73. The Morgan fingerprint density at radius 1 is 1.38 bits per heavy atom. The molecule has 0 aromatic rings. The Labute approximate surface area is 125 Å². The summed E-state index contributed by atoms with van der Waals surface area (Å²) in [4.78, 5) is 14.0. The van der Waals surface area contributed by atoms with Crippen molar-refractivity contribution in [2.75, 3.05) is 45.3 Å². The van der Waals surface area contributed by atoms with Crippen LogP contribution in [-0.2, 0) is 24.1 Å². The maximum Gasteiger partial charge on any atom is 0.228 e. The van der Waals surface area contributed by atoms with Crippen molar-refractivity contribution < 1.29 is 22.7 Å². The summed E-state index contributed by atoms with van der Waals surface area (Å²) in [5, 5.41) is 0. The normalized spacial score (nSPS) is 33.3. The van der Waals surface area contributed by atoms with Crippen molar-refractivity contribution in [2.45, 2.75) is 24.5 Å². The van der Waals surface area contributed by atoms with Gasteiger partial charge in [-0.1, -0.05) is 0 Å².